The molecule has 0 saturated heterocycles. The molecule has 6 nitrogen and oxygen atoms in total. The molecule has 1 amide bonds. The van der Waals surface area contributed by atoms with Gasteiger partial charge < -0.3 is 20.1 Å². The Labute approximate surface area is 169 Å². The third kappa shape index (κ3) is 4.16. The van der Waals surface area contributed by atoms with Crippen LogP contribution < -0.4 is 20.1 Å². The molecule has 0 bridgehead atoms. The van der Waals surface area contributed by atoms with Crippen molar-refractivity contribution in [3.05, 3.63) is 71.5 Å². The number of nitrogens with one attached hydrogen (secondary N) is 2. The van der Waals surface area contributed by atoms with Crippen LogP contribution in [0.4, 0.5) is 17.1 Å². The number of aromatic nitrogens is 1. The fourth-order valence-electron chi connectivity index (χ4n) is 3.31. The Morgan fingerprint density at radius 1 is 1.03 bits per heavy atom. The fourth-order valence-corrected chi connectivity index (χ4v) is 3.31. The van der Waals surface area contributed by atoms with Gasteiger partial charge in [0.2, 0.25) is 0 Å². The molecule has 0 radical (unpaired) electrons. The number of pyridine rings is 1. The number of aryl methyl sites for hydroxylation is 2. The Morgan fingerprint density at radius 3 is 2.69 bits per heavy atom. The first kappa shape index (κ1) is 18.8. The third-order valence-electron chi connectivity index (χ3n) is 4.81. The lowest BCUT2D eigenvalue weighted by Gasteiger charge is -2.19. The predicted octanol–water partition coefficient (Wildman–Crippen LogP) is 4.72. The van der Waals surface area contributed by atoms with Crippen LogP contribution in [0.5, 0.6) is 11.5 Å². The molecule has 1 aromatic heterocycles. The average Bonchev–Trinajstić information content (AvgIpc) is 2.75. The van der Waals surface area contributed by atoms with E-state index in [-0.39, 0.29) is 5.91 Å². The van der Waals surface area contributed by atoms with E-state index in [1.807, 2.05) is 43.3 Å². The van der Waals surface area contributed by atoms with Gasteiger partial charge in [0.25, 0.3) is 5.91 Å². The van der Waals surface area contributed by atoms with Crippen LogP contribution >= 0.6 is 0 Å². The van der Waals surface area contributed by atoms with E-state index in [9.17, 15) is 4.79 Å². The second-order valence-electron chi connectivity index (χ2n) is 6.86. The van der Waals surface area contributed by atoms with Crippen LogP contribution in [-0.4, -0.2) is 24.1 Å². The molecule has 1 aliphatic rings. The van der Waals surface area contributed by atoms with E-state index < -0.39 is 0 Å². The molecule has 0 fully saturated rings. The Kier molecular flexibility index (Phi) is 5.33. The maximum absolute atomic E-state index is 12.8. The van der Waals surface area contributed by atoms with E-state index in [0.717, 1.165) is 40.4 Å². The summed E-state index contributed by atoms with van der Waals surface area (Å²) in [5.41, 5.74) is 5.05. The van der Waals surface area contributed by atoms with Crippen LogP contribution in [0.3, 0.4) is 0 Å². The van der Waals surface area contributed by atoms with Gasteiger partial charge in [0.05, 0.1) is 17.4 Å². The standard InChI is InChI=1S/C23H23N3O3/c1-3-16-6-4-5-15(2)22(16)26-23(27)17-11-19(14-24-13-17)25-18-7-8-20-21(12-18)29-10-9-28-20/h4-8,11-14,25H,3,9-10H2,1-2H3,(H,26,27). The highest BCUT2D eigenvalue weighted by atomic mass is 16.6. The van der Waals surface area contributed by atoms with Crippen LogP contribution in [-0.2, 0) is 6.42 Å². The lowest BCUT2D eigenvalue weighted by molar-refractivity contribution is 0.102. The molecule has 29 heavy (non-hydrogen) atoms. The summed E-state index contributed by atoms with van der Waals surface area (Å²) in [4.78, 5) is 17.0. The van der Waals surface area contributed by atoms with E-state index in [1.165, 1.54) is 0 Å². The number of anilines is 3. The summed E-state index contributed by atoms with van der Waals surface area (Å²) in [7, 11) is 0. The summed E-state index contributed by atoms with van der Waals surface area (Å²) in [6, 6.07) is 13.5. The number of carbonyl (C=O) groups is 1. The molecule has 2 heterocycles. The normalized spacial score (nSPS) is 12.3. The number of ether oxygens (including phenoxy) is 2. The Morgan fingerprint density at radius 2 is 1.86 bits per heavy atom. The van der Waals surface area contributed by atoms with E-state index >= 15 is 0 Å². The second-order valence-corrected chi connectivity index (χ2v) is 6.86. The first-order chi connectivity index (χ1) is 14.1. The van der Waals surface area contributed by atoms with Crippen molar-refractivity contribution >= 4 is 23.0 Å². The Balaban J connectivity index is 1.52. The van der Waals surface area contributed by atoms with Crippen LogP contribution in [0, 0.1) is 6.92 Å². The van der Waals surface area contributed by atoms with Gasteiger partial charge in [0.1, 0.15) is 13.2 Å². The first-order valence-corrected chi connectivity index (χ1v) is 9.65. The molecule has 148 valence electrons. The van der Waals surface area contributed by atoms with Crippen LogP contribution in [0.2, 0.25) is 0 Å². The topological polar surface area (TPSA) is 72.5 Å². The van der Waals surface area contributed by atoms with Gasteiger partial charge in [0.15, 0.2) is 11.5 Å². The molecular formula is C23H23N3O3. The number of carbonyl (C=O) groups excluding carboxylic acids is 1. The minimum Gasteiger partial charge on any atom is -0.486 e. The lowest BCUT2D eigenvalue weighted by Crippen LogP contribution is -2.15. The highest BCUT2D eigenvalue weighted by Gasteiger charge is 2.14. The largest absolute Gasteiger partial charge is 0.486 e. The van der Waals surface area contributed by atoms with Gasteiger partial charge in [0, 0.05) is 23.6 Å². The molecule has 0 saturated carbocycles. The zero-order chi connectivity index (χ0) is 20.2. The molecule has 0 aliphatic carbocycles. The zero-order valence-corrected chi connectivity index (χ0v) is 16.5. The number of fused-ring (bicyclic) bond motifs is 1. The molecule has 0 spiro atoms. The third-order valence-corrected chi connectivity index (χ3v) is 4.81. The molecule has 3 aromatic rings. The average molecular weight is 389 g/mol. The van der Waals surface area contributed by atoms with Crippen molar-refractivity contribution in [2.24, 2.45) is 0 Å². The van der Waals surface area contributed by atoms with Gasteiger partial charge in [-0.15, -0.1) is 0 Å². The predicted molar refractivity (Wildman–Crippen MR) is 113 cm³/mol. The SMILES string of the molecule is CCc1cccc(C)c1NC(=O)c1cncc(Nc2ccc3c(c2)OCCO3)c1. The molecule has 0 atom stereocenters. The van der Waals surface area contributed by atoms with Crippen molar-refractivity contribution in [1.82, 2.24) is 4.98 Å². The molecule has 2 N–H and O–H groups in total. The first-order valence-electron chi connectivity index (χ1n) is 9.65. The smallest absolute Gasteiger partial charge is 0.257 e. The maximum Gasteiger partial charge on any atom is 0.257 e. The Hall–Kier alpha value is -3.54. The number of rotatable bonds is 5. The summed E-state index contributed by atoms with van der Waals surface area (Å²) in [6.45, 7) is 5.16. The van der Waals surface area contributed by atoms with E-state index in [2.05, 4.69) is 22.5 Å². The summed E-state index contributed by atoms with van der Waals surface area (Å²) >= 11 is 0. The molecular weight excluding hydrogens is 366 g/mol. The molecule has 6 heteroatoms. The molecule has 1 aliphatic heterocycles. The summed E-state index contributed by atoms with van der Waals surface area (Å²) < 4.78 is 11.2. The number of amides is 1. The fraction of sp³-hybridized carbons (Fsp3) is 0.217. The van der Waals surface area contributed by atoms with Gasteiger partial charge in [-0.05, 0) is 42.7 Å². The Bertz CT molecular complexity index is 1050. The van der Waals surface area contributed by atoms with Crippen molar-refractivity contribution in [3.63, 3.8) is 0 Å². The monoisotopic (exact) mass is 389 g/mol. The maximum atomic E-state index is 12.8. The van der Waals surface area contributed by atoms with Gasteiger partial charge in [-0.3, -0.25) is 9.78 Å². The van der Waals surface area contributed by atoms with Gasteiger partial charge in [-0.2, -0.15) is 0 Å². The molecule has 4 rings (SSSR count). The van der Waals surface area contributed by atoms with Gasteiger partial charge in [-0.1, -0.05) is 25.1 Å². The van der Waals surface area contributed by atoms with Crippen molar-refractivity contribution in [3.8, 4) is 11.5 Å². The van der Waals surface area contributed by atoms with Crippen molar-refractivity contribution in [2.45, 2.75) is 20.3 Å². The number of hydrogen-bond donors (Lipinski definition) is 2. The minimum absolute atomic E-state index is 0.188. The summed E-state index contributed by atoms with van der Waals surface area (Å²) in [5.74, 6) is 1.25. The molecule has 0 unspecified atom stereocenters. The van der Waals surface area contributed by atoms with E-state index in [4.69, 9.17) is 9.47 Å². The summed E-state index contributed by atoms with van der Waals surface area (Å²) in [5, 5.41) is 6.30. The molecule has 2 aromatic carbocycles. The van der Waals surface area contributed by atoms with E-state index in [1.54, 1.807) is 18.5 Å². The highest BCUT2D eigenvalue weighted by Crippen LogP contribution is 2.33. The lowest BCUT2D eigenvalue weighted by atomic mass is 10.1. The zero-order valence-electron chi connectivity index (χ0n) is 16.5. The second kappa shape index (κ2) is 8.22. The van der Waals surface area contributed by atoms with Gasteiger partial charge >= 0.3 is 0 Å². The van der Waals surface area contributed by atoms with Crippen LogP contribution in [0.15, 0.2) is 54.9 Å². The van der Waals surface area contributed by atoms with Crippen LogP contribution in [0.1, 0.15) is 28.4 Å². The van der Waals surface area contributed by atoms with Crippen LogP contribution in [0.25, 0.3) is 0 Å². The van der Waals surface area contributed by atoms with Crippen molar-refractivity contribution in [2.75, 3.05) is 23.8 Å². The number of nitrogens with zero attached hydrogens (tertiary/aromatic N) is 1. The van der Waals surface area contributed by atoms with Crippen molar-refractivity contribution in [1.29, 1.82) is 0 Å². The van der Waals surface area contributed by atoms with E-state index in [0.29, 0.717) is 24.5 Å². The number of para-hydroxylation sites is 1. The summed E-state index contributed by atoms with van der Waals surface area (Å²) in [6.07, 6.45) is 4.09. The van der Waals surface area contributed by atoms with Crippen molar-refractivity contribution < 1.29 is 14.3 Å². The number of benzene rings is 2. The number of hydrogen-bond acceptors (Lipinski definition) is 5. The quantitative estimate of drug-likeness (QED) is 0.661. The minimum atomic E-state index is -0.188. The van der Waals surface area contributed by atoms with Gasteiger partial charge in [-0.25, -0.2) is 0 Å². The highest BCUT2D eigenvalue weighted by molar-refractivity contribution is 6.05.